The Morgan fingerprint density at radius 1 is 1.17 bits per heavy atom. The summed E-state index contributed by atoms with van der Waals surface area (Å²) in [5, 5.41) is 3.20. The number of hydrogen-bond acceptors (Lipinski definition) is 2. The maximum absolute atomic E-state index is 12.7. The van der Waals surface area contributed by atoms with Crippen molar-refractivity contribution in [2.75, 3.05) is 26.2 Å². The van der Waals surface area contributed by atoms with Crippen LogP contribution < -0.4 is 5.32 Å². The third-order valence-corrected chi connectivity index (χ3v) is 2.74. The highest BCUT2D eigenvalue weighted by Crippen LogP contribution is 2.06. The summed E-state index contributed by atoms with van der Waals surface area (Å²) in [6.45, 7) is 3.24. The fourth-order valence-electron chi connectivity index (χ4n) is 1.80. The van der Waals surface area contributed by atoms with Crippen LogP contribution >= 0.6 is 24.8 Å². The van der Waals surface area contributed by atoms with Gasteiger partial charge in [-0.15, -0.1) is 24.8 Å². The third kappa shape index (κ3) is 4.80. The highest BCUT2D eigenvalue weighted by Gasteiger charge is 2.15. The molecule has 0 aromatic heterocycles. The van der Waals surface area contributed by atoms with Crippen molar-refractivity contribution in [2.45, 2.75) is 6.42 Å². The van der Waals surface area contributed by atoms with Crippen molar-refractivity contribution in [3.05, 3.63) is 35.6 Å². The van der Waals surface area contributed by atoms with E-state index in [9.17, 15) is 9.18 Å². The second-order valence-corrected chi connectivity index (χ2v) is 3.93. The van der Waals surface area contributed by atoms with E-state index >= 15 is 0 Å². The summed E-state index contributed by atoms with van der Waals surface area (Å²) < 4.78 is 12.7. The van der Waals surface area contributed by atoms with Crippen LogP contribution in [0.4, 0.5) is 4.39 Å². The zero-order valence-corrected chi connectivity index (χ0v) is 11.5. The molecule has 3 nitrogen and oxygen atoms in total. The van der Waals surface area contributed by atoms with Crippen LogP contribution in [0.15, 0.2) is 24.3 Å². The number of piperazine rings is 1. The van der Waals surface area contributed by atoms with Crippen LogP contribution in [-0.2, 0) is 11.2 Å². The Balaban J connectivity index is 0.00000144. The Labute approximate surface area is 119 Å². The number of benzene rings is 1. The van der Waals surface area contributed by atoms with Crippen molar-refractivity contribution in [3.8, 4) is 0 Å². The summed E-state index contributed by atoms with van der Waals surface area (Å²) in [6.07, 6.45) is 0.361. The van der Waals surface area contributed by atoms with Crippen LogP contribution in [-0.4, -0.2) is 37.0 Å². The molecule has 18 heavy (non-hydrogen) atoms. The minimum atomic E-state index is -0.265. The SMILES string of the molecule is Cl.Cl.O=C(Cc1ccc(F)cc1)N1CCNCC1. The normalized spacial score (nSPS) is 14.4. The molecule has 102 valence electrons. The van der Waals surface area contributed by atoms with E-state index < -0.39 is 0 Å². The first-order valence-electron chi connectivity index (χ1n) is 5.48. The van der Waals surface area contributed by atoms with Gasteiger partial charge in [-0.05, 0) is 17.7 Å². The number of halogens is 3. The second kappa shape index (κ2) is 8.29. The quantitative estimate of drug-likeness (QED) is 0.899. The van der Waals surface area contributed by atoms with Gasteiger partial charge in [-0.2, -0.15) is 0 Å². The molecule has 0 saturated carbocycles. The average Bonchev–Trinajstić information content (AvgIpc) is 2.33. The molecule has 1 fully saturated rings. The largest absolute Gasteiger partial charge is 0.340 e. The van der Waals surface area contributed by atoms with Gasteiger partial charge >= 0.3 is 0 Å². The molecule has 0 radical (unpaired) electrons. The molecule has 0 unspecified atom stereocenters. The number of hydrogen-bond donors (Lipinski definition) is 1. The lowest BCUT2D eigenvalue weighted by Gasteiger charge is -2.27. The first-order chi connectivity index (χ1) is 7.75. The summed E-state index contributed by atoms with van der Waals surface area (Å²) in [4.78, 5) is 13.7. The number of nitrogens with zero attached hydrogens (tertiary/aromatic N) is 1. The fourth-order valence-corrected chi connectivity index (χ4v) is 1.80. The molecule has 1 heterocycles. The number of amides is 1. The first-order valence-corrected chi connectivity index (χ1v) is 5.48. The van der Waals surface area contributed by atoms with Crippen LogP contribution in [0, 0.1) is 5.82 Å². The van der Waals surface area contributed by atoms with E-state index in [1.807, 2.05) is 4.90 Å². The van der Waals surface area contributed by atoms with E-state index in [2.05, 4.69) is 5.32 Å². The van der Waals surface area contributed by atoms with E-state index in [0.717, 1.165) is 31.7 Å². The maximum Gasteiger partial charge on any atom is 0.227 e. The first kappa shape index (κ1) is 17.2. The van der Waals surface area contributed by atoms with Gasteiger partial charge in [-0.3, -0.25) is 4.79 Å². The minimum absolute atomic E-state index is 0. The fraction of sp³-hybridized carbons (Fsp3) is 0.417. The van der Waals surface area contributed by atoms with Gasteiger partial charge in [-0.1, -0.05) is 12.1 Å². The lowest BCUT2D eigenvalue weighted by Crippen LogP contribution is -2.46. The average molecular weight is 295 g/mol. The highest BCUT2D eigenvalue weighted by molar-refractivity contribution is 5.85. The lowest BCUT2D eigenvalue weighted by atomic mass is 10.1. The van der Waals surface area contributed by atoms with Gasteiger partial charge in [0.2, 0.25) is 5.91 Å². The summed E-state index contributed by atoms with van der Waals surface area (Å²) in [7, 11) is 0. The molecular weight excluding hydrogens is 278 g/mol. The Kier molecular flexibility index (Phi) is 7.91. The van der Waals surface area contributed by atoms with Gasteiger partial charge in [0.1, 0.15) is 5.82 Å². The Bertz CT molecular complexity index is 367. The van der Waals surface area contributed by atoms with Gasteiger partial charge in [-0.25, -0.2) is 4.39 Å². The predicted molar refractivity (Wildman–Crippen MR) is 74.0 cm³/mol. The molecule has 1 amide bonds. The molecule has 0 atom stereocenters. The van der Waals surface area contributed by atoms with Crippen molar-refractivity contribution in [3.63, 3.8) is 0 Å². The number of carbonyl (C=O) groups is 1. The van der Waals surface area contributed by atoms with Gasteiger partial charge in [0.25, 0.3) is 0 Å². The van der Waals surface area contributed by atoms with Crippen LogP contribution in [0.1, 0.15) is 5.56 Å². The van der Waals surface area contributed by atoms with Crippen molar-refractivity contribution < 1.29 is 9.18 Å². The minimum Gasteiger partial charge on any atom is -0.340 e. The van der Waals surface area contributed by atoms with Crippen molar-refractivity contribution in [1.29, 1.82) is 0 Å². The van der Waals surface area contributed by atoms with E-state index in [0.29, 0.717) is 6.42 Å². The Hall–Kier alpha value is -0.840. The van der Waals surface area contributed by atoms with E-state index in [-0.39, 0.29) is 36.5 Å². The zero-order valence-electron chi connectivity index (χ0n) is 9.89. The Morgan fingerprint density at radius 2 is 1.72 bits per heavy atom. The van der Waals surface area contributed by atoms with Crippen molar-refractivity contribution in [2.24, 2.45) is 0 Å². The molecule has 1 aliphatic rings. The van der Waals surface area contributed by atoms with E-state index in [1.165, 1.54) is 12.1 Å². The van der Waals surface area contributed by atoms with Crippen LogP contribution in [0.3, 0.4) is 0 Å². The van der Waals surface area contributed by atoms with E-state index in [4.69, 9.17) is 0 Å². The van der Waals surface area contributed by atoms with Gasteiger partial charge < -0.3 is 10.2 Å². The molecule has 1 aromatic rings. The lowest BCUT2D eigenvalue weighted by molar-refractivity contribution is -0.131. The molecule has 2 rings (SSSR count). The van der Waals surface area contributed by atoms with Gasteiger partial charge in [0, 0.05) is 26.2 Å². The summed E-state index contributed by atoms with van der Waals surface area (Å²) in [5.41, 5.74) is 0.866. The van der Waals surface area contributed by atoms with Gasteiger partial charge in [0.15, 0.2) is 0 Å². The molecule has 1 saturated heterocycles. The molecular formula is C12H17Cl2FN2O. The second-order valence-electron chi connectivity index (χ2n) is 3.93. The van der Waals surface area contributed by atoms with Crippen LogP contribution in [0.25, 0.3) is 0 Å². The molecule has 1 aliphatic heterocycles. The zero-order chi connectivity index (χ0) is 11.4. The van der Waals surface area contributed by atoms with Crippen LogP contribution in [0.2, 0.25) is 0 Å². The summed E-state index contributed by atoms with van der Waals surface area (Å²) in [5.74, 6) is -0.147. The van der Waals surface area contributed by atoms with E-state index in [1.54, 1.807) is 12.1 Å². The topological polar surface area (TPSA) is 32.3 Å². The Morgan fingerprint density at radius 3 is 2.28 bits per heavy atom. The molecule has 0 spiro atoms. The molecule has 1 N–H and O–H groups in total. The molecule has 0 bridgehead atoms. The smallest absolute Gasteiger partial charge is 0.227 e. The molecule has 1 aromatic carbocycles. The molecule has 6 heteroatoms. The maximum atomic E-state index is 12.7. The van der Waals surface area contributed by atoms with Gasteiger partial charge in [0.05, 0.1) is 6.42 Å². The monoisotopic (exact) mass is 294 g/mol. The van der Waals surface area contributed by atoms with Crippen molar-refractivity contribution >= 4 is 30.7 Å². The van der Waals surface area contributed by atoms with Crippen LogP contribution in [0.5, 0.6) is 0 Å². The van der Waals surface area contributed by atoms with Crippen molar-refractivity contribution in [1.82, 2.24) is 10.2 Å². The number of carbonyl (C=O) groups excluding carboxylic acids is 1. The standard InChI is InChI=1S/C12H15FN2O.2ClH/c13-11-3-1-10(2-4-11)9-12(16)15-7-5-14-6-8-15;;/h1-4,14H,5-9H2;2*1H. The number of nitrogens with one attached hydrogen (secondary N) is 1. The third-order valence-electron chi connectivity index (χ3n) is 2.74. The number of rotatable bonds is 2. The molecule has 0 aliphatic carbocycles. The highest BCUT2D eigenvalue weighted by atomic mass is 35.5. The summed E-state index contributed by atoms with van der Waals surface area (Å²) in [6, 6.07) is 6.10. The predicted octanol–water partition coefficient (Wildman–Crippen LogP) is 1.64. The summed E-state index contributed by atoms with van der Waals surface area (Å²) >= 11 is 0.